The molecule has 7 nitrogen and oxygen atoms in total. The van der Waals surface area contributed by atoms with E-state index in [0.29, 0.717) is 37.3 Å². The summed E-state index contributed by atoms with van der Waals surface area (Å²) in [7, 11) is 1.96. The zero-order valence-corrected chi connectivity index (χ0v) is 19.7. The number of hydrogen-bond donors (Lipinski definition) is 0. The topological polar surface area (TPSA) is 67.8 Å². The van der Waals surface area contributed by atoms with Crippen LogP contribution in [-0.4, -0.2) is 61.2 Å². The van der Waals surface area contributed by atoms with Crippen LogP contribution in [-0.2, 0) is 9.53 Å². The number of benzene rings is 1. The molecule has 2 atom stereocenters. The van der Waals surface area contributed by atoms with E-state index < -0.39 is 5.82 Å². The first-order chi connectivity index (χ1) is 15.9. The zero-order valence-electron chi connectivity index (χ0n) is 19.7. The molecule has 3 heterocycles. The molecule has 0 N–H and O–H groups in total. The lowest BCUT2D eigenvalue weighted by Crippen LogP contribution is -2.38. The molecule has 1 aromatic heterocycles. The number of carbonyl (C=O) groups excluding carboxylic acids is 1. The molecule has 2 aromatic rings. The van der Waals surface area contributed by atoms with Gasteiger partial charge in [0.05, 0.1) is 12.7 Å². The largest absolute Gasteiger partial charge is 0.489 e. The maximum atomic E-state index is 14.6. The van der Waals surface area contributed by atoms with E-state index in [4.69, 9.17) is 9.47 Å². The van der Waals surface area contributed by atoms with Crippen molar-refractivity contribution in [3.05, 3.63) is 41.8 Å². The van der Waals surface area contributed by atoms with Crippen molar-refractivity contribution in [2.45, 2.75) is 57.6 Å². The van der Waals surface area contributed by atoms with Crippen LogP contribution >= 0.6 is 0 Å². The molecule has 0 radical (unpaired) electrons. The van der Waals surface area contributed by atoms with Gasteiger partial charge >= 0.3 is 0 Å². The molecule has 2 aliphatic heterocycles. The molecule has 8 heteroatoms. The number of carbonyl (C=O) groups is 1. The van der Waals surface area contributed by atoms with Crippen molar-refractivity contribution in [3.63, 3.8) is 0 Å². The van der Waals surface area contributed by atoms with Gasteiger partial charge in [0.15, 0.2) is 11.6 Å². The highest BCUT2D eigenvalue weighted by Gasteiger charge is 2.29. The minimum absolute atomic E-state index is 0.0449. The van der Waals surface area contributed by atoms with Gasteiger partial charge in [0.25, 0.3) is 0 Å². The molecule has 178 valence electrons. The van der Waals surface area contributed by atoms with E-state index in [0.717, 1.165) is 43.8 Å². The molecular weight excluding hydrogens is 423 g/mol. The molecule has 0 amide bonds. The van der Waals surface area contributed by atoms with E-state index in [-0.39, 0.29) is 17.8 Å². The lowest BCUT2D eigenvalue weighted by Gasteiger charge is -2.31. The van der Waals surface area contributed by atoms with Crippen LogP contribution in [0.15, 0.2) is 30.5 Å². The molecule has 33 heavy (non-hydrogen) atoms. The second-order valence-corrected chi connectivity index (χ2v) is 9.15. The van der Waals surface area contributed by atoms with Crippen molar-refractivity contribution >= 4 is 17.5 Å². The van der Waals surface area contributed by atoms with Gasteiger partial charge in [-0.25, -0.2) is 9.37 Å². The Bertz CT molecular complexity index is 949. The van der Waals surface area contributed by atoms with Gasteiger partial charge in [-0.3, -0.25) is 0 Å². The Kier molecular flexibility index (Phi) is 7.42. The lowest BCUT2D eigenvalue weighted by molar-refractivity contribution is -0.117. The van der Waals surface area contributed by atoms with Crippen molar-refractivity contribution < 1.29 is 18.7 Å². The number of hydrogen-bond acceptors (Lipinski definition) is 7. The van der Waals surface area contributed by atoms with Crippen LogP contribution < -0.4 is 14.5 Å². The third kappa shape index (κ3) is 5.79. The third-order valence-electron chi connectivity index (χ3n) is 6.56. The summed E-state index contributed by atoms with van der Waals surface area (Å²) in [5, 5.41) is 0. The van der Waals surface area contributed by atoms with Crippen molar-refractivity contribution in [3.8, 4) is 5.75 Å². The standard InChI is InChI=1S/C25H33FN4O3/c1-17(14-18(2)31)19-4-6-21(7-5-19)33-22-8-11-30(16-22)24-23(26)15-27-25(28-24)29(3)20-9-12-32-13-10-20/h4-7,15,17,20,22H,8-14,16H2,1-3H3/t17-,22-/m1/s1. The number of rotatable bonds is 8. The summed E-state index contributed by atoms with van der Waals surface area (Å²) >= 11 is 0. The van der Waals surface area contributed by atoms with Crippen molar-refractivity contribution in [2.75, 3.05) is 43.2 Å². The molecule has 0 spiro atoms. The molecule has 0 aliphatic carbocycles. The fraction of sp³-hybridized carbons (Fsp3) is 0.560. The summed E-state index contributed by atoms with van der Waals surface area (Å²) in [4.78, 5) is 24.1. The van der Waals surface area contributed by atoms with E-state index >= 15 is 0 Å². The maximum absolute atomic E-state index is 14.6. The molecular formula is C25H33FN4O3. The Morgan fingerprint density at radius 3 is 2.70 bits per heavy atom. The number of Topliss-reactive ketones (excluding diaryl/α,β-unsaturated/α-hetero) is 1. The van der Waals surface area contributed by atoms with Gasteiger partial charge in [-0.1, -0.05) is 19.1 Å². The highest BCUT2D eigenvalue weighted by Crippen LogP contribution is 2.28. The summed E-state index contributed by atoms with van der Waals surface area (Å²) in [6.07, 6.45) is 4.38. The fourth-order valence-corrected chi connectivity index (χ4v) is 4.61. The summed E-state index contributed by atoms with van der Waals surface area (Å²) < 4.78 is 26.2. The normalized spacial score (nSPS) is 20.0. The predicted octanol–water partition coefficient (Wildman–Crippen LogP) is 3.97. The highest BCUT2D eigenvalue weighted by atomic mass is 19.1. The second kappa shape index (κ2) is 10.5. The number of aromatic nitrogens is 2. The summed E-state index contributed by atoms with van der Waals surface area (Å²) in [6.45, 7) is 6.36. The summed E-state index contributed by atoms with van der Waals surface area (Å²) in [6, 6.07) is 8.21. The molecule has 0 unspecified atom stereocenters. The number of anilines is 2. The Balaban J connectivity index is 1.38. The molecule has 0 saturated carbocycles. The monoisotopic (exact) mass is 456 g/mol. The lowest BCUT2D eigenvalue weighted by atomic mass is 9.96. The number of ether oxygens (including phenoxy) is 2. The van der Waals surface area contributed by atoms with Crippen molar-refractivity contribution in [1.82, 2.24) is 9.97 Å². The van der Waals surface area contributed by atoms with Gasteiger partial charge in [-0.2, -0.15) is 4.98 Å². The summed E-state index contributed by atoms with van der Waals surface area (Å²) in [5.74, 6) is 1.62. The highest BCUT2D eigenvalue weighted by molar-refractivity contribution is 5.76. The molecule has 2 saturated heterocycles. The first kappa shape index (κ1) is 23.4. The smallest absolute Gasteiger partial charge is 0.227 e. The van der Waals surface area contributed by atoms with Crippen LogP contribution in [0.2, 0.25) is 0 Å². The third-order valence-corrected chi connectivity index (χ3v) is 6.56. The van der Waals surface area contributed by atoms with Gasteiger partial charge in [-0.15, -0.1) is 0 Å². The summed E-state index contributed by atoms with van der Waals surface area (Å²) in [5.41, 5.74) is 1.12. The van der Waals surface area contributed by atoms with E-state index in [2.05, 4.69) is 16.9 Å². The Morgan fingerprint density at radius 1 is 1.27 bits per heavy atom. The average Bonchev–Trinajstić information content (AvgIpc) is 3.27. The van der Waals surface area contributed by atoms with Crippen LogP contribution in [0.4, 0.5) is 16.2 Å². The maximum Gasteiger partial charge on any atom is 0.227 e. The van der Waals surface area contributed by atoms with Gasteiger partial charge in [0, 0.05) is 45.7 Å². The van der Waals surface area contributed by atoms with Gasteiger partial charge in [0.2, 0.25) is 5.95 Å². The van der Waals surface area contributed by atoms with Crippen LogP contribution in [0.3, 0.4) is 0 Å². The minimum atomic E-state index is -0.413. The van der Waals surface area contributed by atoms with Gasteiger partial charge in [0.1, 0.15) is 17.6 Å². The average molecular weight is 457 g/mol. The van der Waals surface area contributed by atoms with E-state index in [1.165, 1.54) is 6.20 Å². The first-order valence-corrected chi connectivity index (χ1v) is 11.7. The van der Waals surface area contributed by atoms with Crippen molar-refractivity contribution in [2.24, 2.45) is 0 Å². The molecule has 2 aliphatic rings. The Labute approximate surface area is 194 Å². The minimum Gasteiger partial charge on any atom is -0.489 e. The zero-order chi connectivity index (χ0) is 23.4. The number of ketones is 1. The van der Waals surface area contributed by atoms with E-state index in [9.17, 15) is 9.18 Å². The quantitative estimate of drug-likeness (QED) is 0.595. The van der Waals surface area contributed by atoms with E-state index in [1.807, 2.05) is 41.1 Å². The van der Waals surface area contributed by atoms with Gasteiger partial charge < -0.3 is 24.1 Å². The molecule has 0 bridgehead atoms. The fourth-order valence-electron chi connectivity index (χ4n) is 4.61. The van der Waals surface area contributed by atoms with Crippen LogP contribution in [0.5, 0.6) is 5.75 Å². The van der Waals surface area contributed by atoms with Gasteiger partial charge in [-0.05, 0) is 43.4 Å². The Hall–Kier alpha value is -2.74. The van der Waals surface area contributed by atoms with Crippen LogP contribution in [0.1, 0.15) is 51.0 Å². The molecule has 1 aromatic carbocycles. The van der Waals surface area contributed by atoms with Crippen molar-refractivity contribution in [1.29, 1.82) is 0 Å². The van der Waals surface area contributed by atoms with Crippen LogP contribution in [0.25, 0.3) is 0 Å². The number of halogens is 1. The second-order valence-electron chi connectivity index (χ2n) is 9.15. The predicted molar refractivity (Wildman–Crippen MR) is 126 cm³/mol. The number of nitrogens with zero attached hydrogens (tertiary/aromatic N) is 4. The van der Waals surface area contributed by atoms with E-state index in [1.54, 1.807) is 6.92 Å². The molecule has 2 fully saturated rings. The van der Waals surface area contributed by atoms with Crippen LogP contribution in [0, 0.1) is 5.82 Å². The Morgan fingerprint density at radius 2 is 2.00 bits per heavy atom. The first-order valence-electron chi connectivity index (χ1n) is 11.7. The SMILES string of the molecule is CC(=O)C[C@@H](C)c1ccc(O[C@@H]2CCN(c3nc(N(C)C4CCOCC4)ncc3F)C2)cc1. The molecule has 4 rings (SSSR count).